The maximum Gasteiger partial charge on any atom is 0.168 e. The molecule has 0 N–H and O–H groups in total. The van der Waals surface area contributed by atoms with Crippen LogP contribution in [0.25, 0.3) is 20.4 Å². The van der Waals surface area contributed by atoms with Gasteiger partial charge in [-0.2, -0.15) is 0 Å². The number of nitrogens with zero attached hydrogens (tertiary/aromatic N) is 3. The van der Waals surface area contributed by atoms with E-state index < -0.39 is 0 Å². The SMILES string of the molecule is C[n+]1ccc(CC(c2nc3ccccc3s2)c2nc3ccccc3s2)cc1. The summed E-state index contributed by atoms with van der Waals surface area (Å²) in [6.07, 6.45) is 5.10. The molecule has 27 heavy (non-hydrogen) atoms. The molecule has 0 saturated heterocycles. The lowest BCUT2D eigenvalue weighted by atomic mass is 10.0. The van der Waals surface area contributed by atoms with Crippen LogP contribution in [0.4, 0.5) is 0 Å². The topological polar surface area (TPSA) is 29.7 Å². The van der Waals surface area contributed by atoms with Crippen molar-refractivity contribution in [2.45, 2.75) is 12.3 Å². The van der Waals surface area contributed by atoms with E-state index in [4.69, 9.17) is 9.97 Å². The molecule has 0 aliphatic heterocycles. The van der Waals surface area contributed by atoms with E-state index in [-0.39, 0.29) is 5.92 Å². The number of rotatable bonds is 4. The number of thiazole rings is 2. The number of hydrogen-bond donors (Lipinski definition) is 0. The van der Waals surface area contributed by atoms with E-state index in [1.807, 2.05) is 7.05 Å². The smallest absolute Gasteiger partial charge is 0.168 e. The molecule has 5 heteroatoms. The van der Waals surface area contributed by atoms with Crippen molar-refractivity contribution >= 4 is 43.1 Å². The third-order valence-electron chi connectivity index (χ3n) is 4.70. The Morgan fingerprint density at radius 1 is 0.778 bits per heavy atom. The Morgan fingerprint density at radius 3 is 1.81 bits per heavy atom. The monoisotopic (exact) mass is 388 g/mol. The molecule has 0 aliphatic rings. The minimum absolute atomic E-state index is 0.174. The van der Waals surface area contributed by atoms with Gasteiger partial charge in [-0.25, -0.2) is 14.5 Å². The molecule has 0 fully saturated rings. The van der Waals surface area contributed by atoms with Gasteiger partial charge in [0.1, 0.15) is 17.1 Å². The molecule has 5 rings (SSSR count). The molecule has 0 bridgehead atoms. The van der Waals surface area contributed by atoms with E-state index in [1.165, 1.54) is 15.0 Å². The van der Waals surface area contributed by atoms with Crippen LogP contribution in [0, 0.1) is 0 Å². The fraction of sp³-hybridized carbons (Fsp3) is 0.136. The molecule has 0 spiro atoms. The number of aromatic nitrogens is 3. The fourth-order valence-corrected chi connectivity index (χ4v) is 5.48. The minimum atomic E-state index is 0.174. The molecule has 0 amide bonds. The van der Waals surface area contributed by atoms with Crippen molar-refractivity contribution in [3.05, 3.63) is 88.6 Å². The molecule has 5 aromatic rings. The van der Waals surface area contributed by atoms with Crippen LogP contribution in [0.5, 0.6) is 0 Å². The van der Waals surface area contributed by atoms with Gasteiger partial charge in [-0.1, -0.05) is 24.3 Å². The average molecular weight is 389 g/mol. The van der Waals surface area contributed by atoms with Crippen LogP contribution in [0.15, 0.2) is 73.1 Å². The molecular weight excluding hydrogens is 370 g/mol. The Hall–Kier alpha value is -2.63. The van der Waals surface area contributed by atoms with Gasteiger partial charge in [0.2, 0.25) is 0 Å². The first-order valence-electron chi connectivity index (χ1n) is 8.91. The first kappa shape index (κ1) is 16.5. The summed E-state index contributed by atoms with van der Waals surface area (Å²) in [6, 6.07) is 21.1. The summed E-state index contributed by atoms with van der Waals surface area (Å²) in [5.41, 5.74) is 3.45. The highest BCUT2D eigenvalue weighted by molar-refractivity contribution is 7.20. The zero-order valence-electron chi connectivity index (χ0n) is 14.9. The lowest BCUT2D eigenvalue weighted by Crippen LogP contribution is -2.26. The largest absolute Gasteiger partial charge is 0.240 e. The van der Waals surface area contributed by atoms with Crippen molar-refractivity contribution in [1.29, 1.82) is 0 Å². The zero-order chi connectivity index (χ0) is 18.2. The highest BCUT2D eigenvalue weighted by Crippen LogP contribution is 2.37. The van der Waals surface area contributed by atoms with Gasteiger partial charge in [-0.3, -0.25) is 0 Å². The Kier molecular flexibility index (Phi) is 4.19. The molecule has 3 nitrogen and oxygen atoms in total. The molecule has 0 atom stereocenters. The van der Waals surface area contributed by atoms with Crippen molar-refractivity contribution in [1.82, 2.24) is 9.97 Å². The van der Waals surface area contributed by atoms with E-state index in [2.05, 4.69) is 77.6 Å². The summed E-state index contributed by atoms with van der Waals surface area (Å²) < 4.78 is 4.53. The summed E-state index contributed by atoms with van der Waals surface area (Å²) in [4.78, 5) is 9.91. The first-order valence-corrected chi connectivity index (χ1v) is 10.5. The van der Waals surface area contributed by atoms with Crippen molar-refractivity contribution in [3.8, 4) is 0 Å². The average Bonchev–Trinajstić information content (AvgIpc) is 3.31. The quantitative estimate of drug-likeness (QED) is 0.401. The first-order chi connectivity index (χ1) is 13.3. The predicted molar refractivity (Wildman–Crippen MR) is 112 cm³/mol. The van der Waals surface area contributed by atoms with Crippen LogP contribution in [0.2, 0.25) is 0 Å². The van der Waals surface area contributed by atoms with Crippen LogP contribution in [-0.4, -0.2) is 9.97 Å². The van der Waals surface area contributed by atoms with Crippen molar-refractivity contribution in [3.63, 3.8) is 0 Å². The number of para-hydroxylation sites is 2. The Morgan fingerprint density at radius 2 is 1.30 bits per heavy atom. The Bertz CT molecular complexity index is 1080. The summed E-state index contributed by atoms with van der Waals surface area (Å²) in [5.74, 6) is 0.174. The standard InChI is InChI=1S/C22H18N3S2/c1-25-12-10-15(11-13-25)14-16(21-23-17-6-2-4-8-19(17)26-21)22-24-18-7-3-5-9-20(18)27-22/h2-13,16H,14H2,1H3/q+1. The molecule has 3 heterocycles. The maximum absolute atomic E-state index is 4.95. The van der Waals surface area contributed by atoms with Crippen LogP contribution < -0.4 is 4.57 Å². The lowest BCUT2D eigenvalue weighted by Gasteiger charge is -2.11. The van der Waals surface area contributed by atoms with Crippen molar-refractivity contribution in [2.24, 2.45) is 7.05 Å². The lowest BCUT2D eigenvalue weighted by molar-refractivity contribution is -0.671. The molecule has 0 radical (unpaired) electrons. The van der Waals surface area contributed by atoms with Gasteiger partial charge in [-0.05, 0) is 36.2 Å². The van der Waals surface area contributed by atoms with Gasteiger partial charge in [0, 0.05) is 12.1 Å². The molecular formula is C22H18N3S2+. The maximum atomic E-state index is 4.95. The third-order valence-corrected chi connectivity index (χ3v) is 7.00. The third kappa shape index (κ3) is 3.24. The normalized spacial score (nSPS) is 11.6. The second-order valence-electron chi connectivity index (χ2n) is 6.67. The second-order valence-corrected chi connectivity index (χ2v) is 8.79. The second kappa shape index (κ2) is 6.83. The van der Waals surface area contributed by atoms with E-state index in [1.54, 1.807) is 22.7 Å². The molecule has 2 aromatic carbocycles. The summed E-state index contributed by atoms with van der Waals surface area (Å²) in [6.45, 7) is 0. The zero-order valence-corrected chi connectivity index (χ0v) is 16.5. The molecule has 0 aliphatic carbocycles. The van der Waals surface area contributed by atoms with Gasteiger partial charge < -0.3 is 0 Å². The number of benzene rings is 2. The van der Waals surface area contributed by atoms with Gasteiger partial charge in [-0.15, -0.1) is 22.7 Å². The summed E-state index contributed by atoms with van der Waals surface area (Å²) >= 11 is 3.57. The summed E-state index contributed by atoms with van der Waals surface area (Å²) in [7, 11) is 2.04. The van der Waals surface area contributed by atoms with Crippen LogP contribution in [0.1, 0.15) is 21.5 Å². The molecule has 3 aromatic heterocycles. The number of pyridine rings is 1. The minimum Gasteiger partial charge on any atom is -0.240 e. The van der Waals surface area contributed by atoms with Crippen molar-refractivity contribution < 1.29 is 4.57 Å². The molecule has 0 saturated carbocycles. The van der Waals surface area contributed by atoms with Gasteiger partial charge in [0.05, 0.1) is 26.4 Å². The number of fused-ring (bicyclic) bond motifs is 2. The molecule has 132 valence electrons. The van der Waals surface area contributed by atoms with Crippen LogP contribution >= 0.6 is 22.7 Å². The van der Waals surface area contributed by atoms with E-state index >= 15 is 0 Å². The van der Waals surface area contributed by atoms with Gasteiger partial charge in [0.15, 0.2) is 12.4 Å². The highest BCUT2D eigenvalue weighted by Gasteiger charge is 2.23. The number of aryl methyl sites for hydroxylation is 1. The van der Waals surface area contributed by atoms with E-state index in [0.29, 0.717) is 0 Å². The molecule has 0 unspecified atom stereocenters. The van der Waals surface area contributed by atoms with Crippen LogP contribution in [0.3, 0.4) is 0 Å². The van der Waals surface area contributed by atoms with E-state index in [9.17, 15) is 0 Å². The highest BCUT2D eigenvalue weighted by atomic mass is 32.1. The fourth-order valence-electron chi connectivity index (χ4n) is 3.26. The number of hydrogen-bond acceptors (Lipinski definition) is 4. The van der Waals surface area contributed by atoms with Crippen molar-refractivity contribution in [2.75, 3.05) is 0 Å². The Labute approximate surface area is 165 Å². The van der Waals surface area contributed by atoms with E-state index in [0.717, 1.165) is 27.5 Å². The Balaban J connectivity index is 1.62. The van der Waals surface area contributed by atoms with Gasteiger partial charge in [0.25, 0.3) is 0 Å². The van der Waals surface area contributed by atoms with Gasteiger partial charge >= 0.3 is 0 Å². The predicted octanol–water partition coefficient (Wildman–Crippen LogP) is 5.11. The summed E-state index contributed by atoms with van der Waals surface area (Å²) in [5, 5.41) is 2.28. The van der Waals surface area contributed by atoms with Crippen LogP contribution in [-0.2, 0) is 13.5 Å².